The molecule has 0 radical (unpaired) electrons. The third-order valence-corrected chi connectivity index (χ3v) is 4.36. The summed E-state index contributed by atoms with van der Waals surface area (Å²) in [6.45, 7) is 2.14. The second-order valence-corrected chi connectivity index (χ2v) is 6.26. The number of carbonyl (C=O) groups excluding carboxylic acids is 1. The van der Waals surface area contributed by atoms with E-state index >= 15 is 0 Å². The summed E-state index contributed by atoms with van der Waals surface area (Å²) in [6.07, 6.45) is 7.05. The monoisotopic (exact) mass is 326 g/mol. The molecular formula is C17H18N4OS. The lowest BCUT2D eigenvalue weighted by molar-refractivity contribution is 0.102. The van der Waals surface area contributed by atoms with Crippen molar-refractivity contribution in [2.45, 2.75) is 26.2 Å². The van der Waals surface area contributed by atoms with Crippen molar-refractivity contribution in [3.8, 4) is 5.69 Å². The molecule has 0 spiro atoms. The fourth-order valence-electron chi connectivity index (χ4n) is 2.19. The van der Waals surface area contributed by atoms with Crippen molar-refractivity contribution in [1.82, 2.24) is 14.8 Å². The van der Waals surface area contributed by atoms with Crippen molar-refractivity contribution in [1.29, 1.82) is 0 Å². The van der Waals surface area contributed by atoms with Crippen LogP contribution in [0.25, 0.3) is 5.69 Å². The van der Waals surface area contributed by atoms with Gasteiger partial charge >= 0.3 is 0 Å². The van der Waals surface area contributed by atoms with E-state index in [1.54, 1.807) is 0 Å². The quantitative estimate of drug-likeness (QED) is 0.747. The number of aromatic nitrogens is 3. The first-order chi connectivity index (χ1) is 11.3. The Morgan fingerprint density at radius 3 is 2.61 bits per heavy atom. The summed E-state index contributed by atoms with van der Waals surface area (Å²) >= 11 is 1.44. The molecular weight excluding hydrogens is 308 g/mol. The Kier molecular flexibility index (Phi) is 4.83. The normalized spacial score (nSPS) is 10.7. The number of nitrogens with one attached hydrogen (secondary N) is 1. The first kappa shape index (κ1) is 15.4. The molecule has 23 heavy (non-hydrogen) atoms. The Hall–Kier alpha value is -2.47. The molecule has 0 bridgehead atoms. The first-order valence-electron chi connectivity index (χ1n) is 7.63. The molecule has 5 nitrogen and oxygen atoms in total. The molecule has 1 amide bonds. The summed E-state index contributed by atoms with van der Waals surface area (Å²) < 4.78 is 1.99. The van der Waals surface area contributed by atoms with Crippen LogP contribution < -0.4 is 5.32 Å². The summed E-state index contributed by atoms with van der Waals surface area (Å²) in [5.74, 6) is -0.165. The van der Waals surface area contributed by atoms with Gasteiger partial charge in [0.15, 0.2) is 0 Å². The third kappa shape index (κ3) is 3.84. The van der Waals surface area contributed by atoms with Crippen LogP contribution in [0.2, 0.25) is 0 Å². The lowest BCUT2D eigenvalue weighted by Crippen LogP contribution is -2.11. The first-order valence-corrected chi connectivity index (χ1v) is 8.45. The van der Waals surface area contributed by atoms with Crippen LogP contribution in [0.3, 0.4) is 0 Å². The molecule has 0 atom stereocenters. The van der Waals surface area contributed by atoms with Gasteiger partial charge in [0.1, 0.15) is 5.01 Å². The Labute approximate surface area is 139 Å². The minimum absolute atomic E-state index is 0.165. The molecule has 118 valence electrons. The molecule has 2 heterocycles. The molecule has 1 aromatic carbocycles. The van der Waals surface area contributed by atoms with E-state index in [0.29, 0.717) is 10.7 Å². The topological polar surface area (TPSA) is 59.8 Å². The highest BCUT2D eigenvalue weighted by atomic mass is 32.1. The van der Waals surface area contributed by atoms with Gasteiger partial charge in [-0.05, 0) is 42.8 Å². The molecule has 6 heteroatoms. The number of hydrogen-bond donors (Lipinski definition) is 1. The van der Waals surface area contributed by atoms with Crippen LogP contribution >= 0.6 is 11.3 Å². The fourth-order valence-corrected chi connectivity index (χ4v) is 2.97. The van der Waals surface area contributed by atoms with Gasteiger partial charge in [-0.25, -0.2) is 0 Å². The van der Waals surface area contributed by atoms with E-state index in [0.717, 1.165) is 30.0 Å². The number of amides is 1. The predicted molar refractivity (Wildman–Crippen MR) is 92.2 cm³/mol. The Morgan fingerprint density at radius 2 is 1.91 bits per heavy atom. The van der Waals surface area contributed by atoms with Gasteiger partial charge in [0.25, 0.3) is 5.91 Å². The maximum Gasteiger partial charge on any atom is 0.257 e. The van der Waals surface area contributed by atoms with Crippen molar-refractivity contribution < 1.29 is 4.79 Å². The average Bonchev–Trinajstić information content (AvgIpc) is 3.25. The summed E-state index contributed by atoms with van der Waals surface area (Å²) in [5, 5.41) is 12.4. The van der Waals surface area contributed by atoms with E-state index in [9.17, 15) is 4.79 Å². The zero-order valence-electron chi connectivity index (χ0n) is 12.9. The number of nitrogens with zero attached hydrogens (tertiary/aromatic N) is 3. The minimum atomic E-state index is -0.165. The Morgan fingerprint density at radius 1 is 1.17 bits per heavy atom. The Balaban J connectivity index is 1.65. The zero-order valence-corrected chi connectivity index (χ0v) is 13.7. The molecule has 3 rings (SSSR count). The summed E-state index contributed by atoms with van der Waals surface area (Å²) in [7, 11) is 0. The highest BCUT2D eigenvalue weighted by molar-refractivity contribution is 7.15. The molecule has 0 saturated heterocycles. The van der Waals surface area contributed by atoms with Gasteiger partial charge in [-0.1, -0.05) is 24.7 Å². The summed E-state index contributed by atoms with van der Waals surface area (Å²) in [6, 6.07) is 11.4. The second-order valence-electron chi connectivity index (χ2n) is 5.20. The van der Waals surface area contributed by atoms with Gasteiger partial charge in [-0.15, -0.1) is 10.2 Å². The molecule has 0 unspecified atom stereocenters. The molecule has 0 aliphatic rings. The molecule has 2 aromatic heterocycles. The van der Waals surface area contributed by atoms with E-state index in [2.05, 4.69) is 22.4 Å². The van der Waals surface area contributed by atoms with Crippen molar-refractivity contribution >= 4 is 22.4 Å². The highest BCUT2D eigenvalue weighted by Gasteiger charge is 2.10. The van der Waals surface area contributed by atoms with Crippen LogP contribution in [0, 0.1) is 0 Å². The lowest BCUT2D eigenvalue weighted by Gasteiger charge is -2.05. The van der Waals surface area contributed by atoms with Gasteiger partial charge in [-0.3, -0.25) is 10.1 Å². The van der Waals surface area contributed by atoms with Gasteiger partial charge in [0.2, 0.25) is 5.13 Å². The second kappa shape index (κ2) is 7.19. The molecule has 0 saturated carbocycles. The smallest absolute Gasteiger partial charge is 0.257 e. The number of benzene rings is 1. The van der Waals surface area contributed by atoms with E-state index in [1.165, 1.54) is 11.3 Å². The van der Waals surface area contributed by atoms with Crippen LogP contribution in [0.4, 0.5) is 5.13 Å². The maximum atomic E-state index is 12.3. The van der Waals surface area contributed by atoms with E-state index < -0.39 is 0 Å². The molecule has 0 aliphatic heterocycles. The number of rotatable bonds is 6. The van der Waals surface area contributed by atoms with Crippen molar-refractivity contribution in [3.05, 3.63) is 59.4 Å². The van der Waals surface area contributed by atoms with Crippen LogP contribution in [-0.2, 0) is 6.42 Å². The number of hydrogen-bond acceptors (Lipinski definition) is 4. The summed E-state index contributed by atoms with van der Waals surface area (Å²) in [5.41, 5.74) is 1.62. The molecule has 0 aliphatic carbocycles. The van der Waals surface area contributed by atoms with Gasteiger partial charge in [0, 0.05) is 30.1 Å². The van der Waals surface area contributed by atoms with Gasteiger partial charge in [-0.2, -0.15) is 0 Å². The number of anilines is 1. The maximum absolute atomic E-state index is 12.3. The molecule has 1 N–H and O–H groups in total. The van der Waals surface area contributed by atoms with Crippen molar-refractivity contribution in [2.24, 2.45) is 0 Å². The molecule has 3 aromatic rings. The van der Waals surface area contributed by atoms with Crippen molar-refractivity contribution in [3.63, 3.8) is 0 Å². The fraction of sp³-hybridized carbons (Fsp3) is 0.235. The minimum Gasteiger partial charge on any atom is -0.324 e. The number of aryl methyl sites for hydroxylation is 1. The lowest BCUT2D eigenvalue weighted by atomic mass is 10.2. The zero-order chi connectivity index (χ0) is 16.1. The van der Waals surface area contributed by atoms with Gasteiger partial charge < -0.3 is 4.57 Å². The van der Waals surface area contributed by atoms with Crippen LogP contribution in [0.5, 0.6) is 0 Å². The summed E-state index contributed by atoms with van der Waals surface area (Å²) in [4.78, 5) is 12.3. The Bertz CT molecular complexity index is 762. The van der Waals surface area contributed by atoms with Crippen LogP contribution in [-0.4, -0.2) is 20.7 Å². The van der Waals surface area contributed by atoms with E-state index in [-0.39, 0.29) is 5.91 Å². The average molecular weight is 326 g/mol. The SMILES string of the molecule is CCCCc1nnc(NC(=O)c2ccc(-n3cccc3)cc2)s1. The van der Waals surface area contributed by atoms with Crippen LogP contribution in [0.15, 0.2) is 48.8 Å². The largest absolute Gasteiger partial charge is 0.324 e. The van der Waals surface area contributed by atoms with E-state index in [4.69, 9.17) is 0 Å². The van der Waals surface area contributed by atoms with E-state index in [1.807, 2.05) is 53.4 Å². The predicted octanol–water partition coefficient (Wildman–Crippen LogP) is 3.92. The number of unbranched alkanes of at least 4 members (excludes halogenated alkanes) is 1. The van der Waals surface area contributed by atoms with Crippen LogP contribution in [0.1, 0.15) is 35.1 Å². The molecule has 0 fully saturated rings. The number of carbonyl (C=O) groups is 1. The standard InChI is InChI=1S/C17H18N4OS/c1-2-3-6-15-19-20-17(23-15)18-16(22)13-7-9-14(10-8-13)21-11-4-5-12-21/h4-5,7-12H,2-3,6H2,1H3,(H,18,20,22). The van der Waals surface area contributed by atoms with Gasteiger partial charge in [0.05, 0.1) is 0 Å². The third-order valence-electron chi connectivity index (χ3n) is 3.46. The van der Waals surface area contributed by atoms with Crippen molar-refractivity contribution in [2.75, 3.05) is 5.32 Å². The highest BCUT2D eigenvalue weighted by Crippen LogP contribution is 2.18.